The maximum atomic E-state index is 10.8. The highest BCUT2D eigenvalue weighted by Gasteiger charge is 2.07. The minimum absolute atomic E-state index is 0.132. The molecule has 0 aliphatic carbocycles. The fourth-order valence-electron chi connectivity index (χ4n) is 1.11. The molecule has 1 unspecified atom stereocenters. The van der Waals surface area contributed by atoms with E-state index in [1.54, 1.807) is 6.07 Å². The Hall–Kier alpha value is -0.780. The van der Waals surface area contributed by atoms with Crippen molar-refractivity contribution in [2.45, 2.75) is 6.10 Å². The average molecular weight is 309 g/mol. The number of aromatic carboxylic acids is 1. The van der Waals surface area contributed by atoms with E-state index in [1.165, 1.54) is 12.1 Å². The normalized spacial score (nSPS) is 12.2. The van der Waals surface area contributed by atoms with Crippen LogP contribution in [0.15, 0.2) is 22.7 Å². The van der Waals surface area contributed by atoms with E-state index in [1.807, 2.05) is 0 Å². The van der Waals surface area contributed by atoms with E-state index in [0.717, 1.165) is 0 Å². The summed E-state index contributed by atoms with van der Waals surface area (Å²) < 4.78 is 0.662. The van der Waals surface area contributed by atoms with E-state index >= 15 is 0 Å². The summed E-state index contributed by atoms with van der Waals surface area (Å²) in [5, 5.41) is 21.0. The quantitative estimate of drug-likeness (QED) is 0.729. The summed E-state index contributed by atoms with van der Waals surface area (Å²) in [4.78, 5) is 10.8. The van der Waals surface area contributed by atoms with Gasteiger partial charge in [-0.2, -0.15) is 0 Å². The Kier molecular flexibility index (Phi) is 5.05. The minimum atomic E-state index is -0.998. The molecule has 1 aromatic rings. The fraction of sp³-hybridized carbons (Fsp3) is 0.300. The van der Waals surface area contributed by atoms with E-state index in [9.17, 15) is 9.90 Å². The van der Waals surface area contributed by atoms with Crippen LogP contribution < -0.4 is 5.32 Å². The second kappa shape index (κ2) is 6.08. The van der Waals surface area contributed by atoms with Gasteiger partial charge in [-0.25, -0.2) is 4.79 Å². The van der Waals surface area contributed by atoms with Crippen molar-refractivity contribution < 1.29 is 15.0 Å². The van der Waals surface area contributed by atoms with Crippen LogP contribution in [0.2, 0.25) is 0 Å². The Bertz CT molecular complexity index is 386. The number of anilines is 1. The number of nitrogens with one attached hydrogen (secondary N) is 1. The molecular formula is C10H11BrClNO3. The Labute approximate surface area is 106 Å². The second-order valence-corrected chi connectivity index (χ2v) is 4.45. The van der Waals surface area contributed by atoms with Crippen molar-refractivity contribution in [2.24, 2.45) is 0 Å². The number of alkyl halides is 1. The zero-order chi connectivity index (χ0) is 12.1. The van der Waals surface area contributed by atoms with E-state index in [-0.39, 0.29) is 18.0 Å². The van der Waals surface area contributed by atoms with Gasteiger partial charge in [0.05, 0.1) is 17.5 Å². The van der Waals surface area contributed by atoms with E-state index in [2.05, 4.69) is 21.2 Å². The first-order valence-electron chi connectivity index (χ1n) is 4.54. The molecule has 0 aliphatic heterocycles. The summed E-state index contributed by atoms with van der Waals surface area (Å²) in [5.74, 6) is -0.866. The van der Waals surface area contributed by atoms with Crippen LogP contribution in [0.1, 0.15) is 10.4 Å². The first-order valence-corrected chi connectivity index (χ1v) is 5.87. The zero-order valence-electron chi connectivity index (χ0n) is 8.28. The SMILES string of the molecule is O=C(O)c1cc(Br)cc(NCC(O)CCl)c1. The van der Waals surface area contributed by atoms with Crippen molar-refractivity contribution in [3.05, 3.63) is 28.2 Å². The molecule has 0 aromatic heterocycles. The van der Waals surface area contributed by atoms with Gasteiger partial charge in [-0.3, -0.25) is 0 Å². The third-order valence-electron chi connectivity index (χ3n) is 1.86. The van der Waals surface area contributed by atoms with Crippen LogP contribution in [0.5, 0.6) is 0 Å². The van der Waals surface area contributed by atoms with Gasteiger partial charge in [0, 0.05) is 16.7 Å². The Morgan fingerprint density at radius 1 is 1.50 bits per heavy atom. The van der Waals surface area contributed by atoms with Gasteiger partial charge in [0.25, 0.3) is 0 Å². The molecule has 0 spiro atoms. The fourth-order valence-corrected chi connectivity index (χ4v) is 1.71. The van der Waals surface area contributed by atoms with Crippen LogP contribution in [0.25, 0.3) is 0 Å². The molecule has 0 saturated carbocycles. The minimum Gasteiger partial charge on any atom is -0.478 e. The molecule has 0 saturated heterocycles. The van der Waals surface area contributed by atoms with E-state index in [4.69, 9.17) is 16.7 Å². The van der Waals surface area contributed by atoms with Crippen molar-refractivity contribution in [2.75, 3.05) is 17.7 Å². The number of aliphatic hydroxyl groups is 1. The van der Waals surface area contributed by atoms with Gasteiger partial charge < -0.3 is 15.5 Å². The molecule has 0 radical (unpaired) electrons. The number of rotatable bonds is 5. The topological polar surface area (TPSA) is 69.6 Å². The molecular weight excluding hydrogens is 297 g/mol. The Morgan fingerprint density at radius 3 is 2.75 bits per heavy atom. The second-order valence-electron chi connectivity index (χ2n) is 3.22. The number of halogens is 2. The molecule has 0 heterocycles. The van der Waals surface area contributed by atoms with Crippen molar-refractivity contribution in [1.29, 1.82) is 0 Å². The van der Waals surface area contributed by atoms with Crippen LogP contribution >= 0.6 is 27.5 Å². The summed E-state index contributed by atoms with van der Waals surface area (Å²) in [6.45, 7) is 0.277. The highest BCUT2D eigenvalue weighted by molar-refractivity contribution is 9.10. The molecule has 1 atom stereocenters. The van der Waals surface area contributed by atoms with E-state index < -0.39 is 12.1 Å². The smallest absolute Gasteiger partial charge is 0.335 e. The van der Waals surface area contributed by atoms with Crippen molar-refractivity contribution in [3.63, 3.8) is 0 Å². The van der Waals surface area contributed by atoms with Crippen molar-refractivity contribution >= 4 is 39.2 Å². The van der Waals surface area contributed by atoms with Gasteiger partial charge in [-0.1, -0.05) is 15.9 Å². The monoisotopic (exact) mass is 307 g/mol. The third kappa shape index (κ3) is 4.00. The van der Waals surface area contributed by atoms with Crippen molar-refractivity contribution in [1.82, 2.24) is 0 Å². The van der Waals surface area contributed by atoms with Gasteiger partial charge in [0.1, 0.15) is 0 Å². The lowest BCUT2D eigenvalue weighted by Gasteiger charge is -2.11. The molecule has 4 nitrogen and oxygen atoms in total. The molecule has 0 fully saturated rings. The summed E-state index contributed by atoms with van der Waals surface area (Å²) in [5.41, 5.74) is 0.799. The van der Waals surface area contributed by atoms with Gasteiger partial charge in [0.2, 0.25) is 0 Å². The number of aliphatic hydroxyl groups excluding tert-OH is 1. The zero-order valence-corrected chi connectivity index (χ0v) is 10.6. The number of hydrogen-bond acceptors (Lipinski definition) is 3. The highest BCUT2D eigenvalue weighted by atomic mass is 79.9. The molecule has 0 aliphatic rings. The van der Waals surface area contributed by atoms with Crippen molar-refractivity contribution in [3.8, 4) is 0 Å². The molecule has 0 amide bonds. The lowest BCUT2D eigenvalue weighted by molar-refractivity contribution is 0.0697. The molecule has 88 valence electrons. The number of carboxylic acids is 1. The molecule has 16 heavy (non-hydrogen) atoms. The van der Waals surface area contributed by atoms with Crippen LogP contribution in [0.4, 0.5) is 5.69 Å². The predicted molar refractivity (Wildman–Crippen MR) is 66.3 cm³/mol. The standard InChI is InChI=1S/C10H11BrClNO3/c11-7-1-6(10(15)16)2-8(3-7)13-5-9(14)4-12/h1-3,9,13-14H,4-5H2,(H,15,16). The molecule has 3 N–H and O–H groups in total. The molecule has 0 bridgehead atoms. The van der Waals surface area contributed by atoms with Crippen LogP contribution in [0.3, 0.4) is 0 Å². The van der Waals surface area contributed by atoms with Crippen LogP contribution in [-0.4, -0.2) is 34.7 Å². The summed E-state index contributed by atoms with van der Waals surface area (Å²) >= 11 is 8.65. The van der Waals surface area contributed by atoms with Crippen LogP contribution in [-0.2, 0) is 0 Å². The van der Waals surface area contributed by atoms with Gasteiger partial charge in [0.15, 0.2) is 0 Å². The molecule has 1 rings (SSSR count). The van der Waals surface area contributed by atoms with Gasteiger partial charge in [-0.15, -0.1) is 11.6 Å². The summed E-state index contributed by atoms with van der Waals surface area (Å²) in [6, 6.07) is 4.73. The number of carboxylic acid groups (broad SMARTS) is 1. The maximum Gasteiger partial charge on any atom is 0.335 e. The maximum absolute atomic E-state index is 10.8. The van der Waals surface area contributed by atoms with Gasteiger partial charge >= 0.3 is 5.97 Å². The number of hydrogen-bond donors (Lipinski definition) is 3. The predicted octanol–water partition coefficient (Wildman–Crippen LogP) is 2.16. The van der Waals surface area contributed by atoms with Gasteiger partial charge in [-0.05, 0) is 18.2 Å². The third-order valence-corrected chi connectivity index (χ3v) is 2.68. The van der Waals surface area contributed by atoms with Crippen LogP contribution in [0, 0.1) is 0 Å². The first kappa shape index (κ1) is 13.3. The summed E-state index contributed by atoms with van der Waals surface area (Å²) in [6.07, 6.45) is -0.658. The Morgan fingerprint density at radius 2 is 2.19 bits per heavy atom. The van der Waals surface area contributed by atoms with E-state index in [0.29, 0.717) is 10.2 Å². The largest absolute Gasteiger partial charge is 0.478 e. The average Bonchev–Trinajstić information content (AvgIpc) is 2.25. The Balaban J connectivity index is 2.76. The number of carbonyl (C=O) groups is 1. The lowest BCUT2D eigenvalue weighted by atomic mass is 10.2. The molecule has 1 aromatic carbocycles. The summed E-state index contributed by atoms with van der Waals surface area (Å²) in [7, 11) is 0. The molecule has 6 heteroatoms. The highest BCUT2D eigenvalue weighted by Crippen LogP contribution is 2.19. The lowest BCUT2D eigenvalue weighted by Crippen LogP contribution is -2.20. The number of benzene rings is 1. The first-order chi connectivity index (χ1) is 7.52.